The molecule has 2 heterocycles. The van der Waals surface area contributed by atoms with Crippen LogP contribution in [0.3, 0.4) is 0 Å². The summed E-state index contributed by atoms with van der Waals surface area (Å²) in [6.07, 6.45) is -0.0403. The zero-order chi connectivity index (χ0) is 19.3. The van der Waals surface area contributed by atoms with Crippen molar-refractivity contribution < 1.29 is 13.5 Å². The maximum absolute atomic E-state index is 14.5. The molecule has 140 valence electrons. The lowest BCUT2D eigenvalue weighted by Crippen LogP contribution is -2.34. The number of rotatable bonds is 2. The Hall–Kier alpha value is -2.73. The van der Waals surface area contributed by atoms with Gasteiger partial charge in [-0.1, -0.05) is 46.3 Å². The molecule has 0 bridgehead atoms. The van der Waals surface area contributed by atoms with Gasteiger partial charge in [-0.25, -0.2) is 13.8 Å². The Balaban J connectivity index is 1.62. The second-order valence-electron chi connectivity index (χ2n) is 6.83. The molecule has 2 aliphatic rings. The first-order valence-electron chi connectivity index (χ1n) is 8.92. The van der Waals surface area contributed by atoms with Gasteiger partial charge in [0.2, 0.25) is 6.23 Å². The van der Waals surface area contributed by atoms with Crippen LogP contribution in [0.15, 0.2) is 76.3 Å². The van der Waals surface area contributed by atoms with Gasteiger partial charge >= 0.3 is 0 Å². The number of benzene rings is 3. The van der Waals surface area contributed by atoms with Crippen molar-refractivity contribution in [2.45, 2.75) is 18.7 Å². The van der Waals surface area contributed by atoms with E-state index in [0.29, 0.717) is 17.7 Å². The number of hydrazone groups is 1. The Morgan fingerprint density at radius 2 is 1.75 bits per heavy atom. The molecule has 0 aromatic heterocycles. The predicted octanol–water partition coefficient (Wildman–Crippen LogP) is 5.97. The van der Waals surface area contributed by atoms with E-state index in [1.807, 2.05) is 23.2 Å². The number of ether oxygens (including phenoxy) is 1. The predicted molar refractivity (Wildman–Crippen MR) is 106 cm³/mol. The van der Waals surface area contributed by atoms with Crippen LogP contribution in [0.1, 0.15) is 35.4 Å². The van der Waals surface area contributed by atoms with Crippen molar-refractivity contribution in [3.8, 4) is 5.75 Å². The zero-order valence-electron chi connectivity index (χ0n) is 14.6. The second kappa shape index (κ2) is 6.71. The van der Waals surface area contributed by atoms with Gasteiger partial charge in [0.15, 0.2) is 0 Å². The van der Waals surface area contributed by atoms with Gasteiger partial charge in [-0.2, -0.15) is 5.10 Å². The first-order valence-corrected chi connectivity index (χ1v) is 9.72. The molecule has 3 nitrogen and oxygen atoms in total. The summed E-state index contributed by atoms with van der Waals surface area (Å²) in [5, 5.41) is 6.57. The fourth-order valence-corrected chi connectivity index (χ4v) is 4.13. The third-order valence-corrected chi connectivity index (χ3v) is 5.59. The Bertz CT molecular complexity index is 1080. The molecule has 0 saturated carbocycles. The highest BCUT2D eigenvalue weighted by atomic mass is 79.9. The molecule has 0 radical (unpaired) electrons. The summed E-state index contributed by atoms with van der Waals surface area (Å²) in [6.45, 7) is 0. The normalized spacial score (nSPS) is 20.2. The van der Waals surface area contributed by atoms with Crippen molar-refractivity contribution in [3.63, 3.8) is 0 Å². The van der Waals surface area contributed by atoms with E-state index >= 15 is 0 Å². The van der Waals surface area contributed by atoms with E-state index < -0.39 is 6.23 Å². The lowest BCUT2D eigenvalue weighted by Gasteiger charge is -2.38. The van der Waals surface area contributed by atoms with E-state index in [-0.39, 0.29) is 17.7 Å². The van der Waals surface area contributed by atoms with Gasteiger partial charge in [0, 0.05) is 16.5 Å². The Morgan fingerprint density at radius 3 is 2.54 bits per heavy atom. The third kappa shape index (κ3) is 2.88. The van der Waals surface area contributed by atoms with Crippen LogP contribution in [0.2, 0.25) is 0 Å². The highest BCUT2D eigenvalue weighted by Crippen LogP contribution is 2.48. The molecule has 6 heteroatoms. The molecule has 2 unspecified atom stereocenters. The van der Waals surface area contributed by atoms with Crippen molar-refractivity contribution in [1.29, 1.82) is 0 Å². The quantitative estimate of drug-likeness (QED) is 0.490. The smallest absolute Gasteiger partial charge is 0.216 e. The fourth-order valence-electron chi connectivity index (χ4n) is 3.76. The second-order valence-corrected chi connectivity index (χ2v) is 7.74. The summed E-state index contributed by atoms with van der Waals surface area (Å²) >= 11 is 3.51. The zero-order valence-corrected chi connectivity index (χ0v) is 16.2. The summed E-state index contributed by atoms with van der Waals surface area (Å²) < 4.78 is 35.0. The monoisotopic (exact) mass is 440 g/mol. The maximum atomic E-state index is 14.5. The minimum atomic E-state index is -0.669. The van der Waals surface area contributed by atoms with Crippen molar-refractivity contribution in [2.75, 3.05) is 0 Å². The van der Waals surface area contributed by atoms with Gasteiger partial charge in [-0.3, -0.25) is 0 Å². The lowest BCUT2D eigenvalue weighted by molar-refractivity contribution is -0.0212. The topological polar surface area (TPSA) is 24.8 Å². The van der Waals surface area contributed by atoms with E-state index in [1.165, 1.54) is 18.2 Å². The highest BCUT2D eigenvalue weighted by molar-refractivity contribution is 9.10. The summed E-state index contributed by atoms with van der Waals surface area (Å²) in [5.74, 6) is 0.0902. The summed E-state index contributed by atoms with van der Waals surface area (Å²) in [5.41, 5.74) is 3.09. The Morgan fingerprint density at radius 1 is 0.964 bits per heavy atom. The largest absolute Gasteiger partial charge is 0.464 e. The number of nitrogens with zero attached hydrogens (tertiary/aromatic N) is 2. The minimum absolute atomic E-state index is 0.0918. The third-order valence-electron chi connectivity index (χ3n) is 5.10. The van der Waals surface area contributed by atoms with Crippen LogP contribution in [-0.2, 0) is 0 Å². The van der Waals surface area contributed by atoms with Crippen LogP contribution in [-0.4, -0.2) is 10.7 Å². The standard InChI is InChI=1S/C22H15BrF2N2O/c23-14-7-10-21-17(11-14)20-12-19(13-5-8-15(24)9-6-13)26-27(20)22(28-21)16-3-1-2-4-18(16)25/h1-11,20,22H,12H2. The molecule has 2 atom stereocenters. The van der Waals surface area contributed by atoms with Crippen LogP contribution in [0.25, 0.3) is 0 Å². The van der Waals surface area contributed by atoms with Crippen LogP contribution < -0.4 is 4.74 Å². The summed E-state index contributed by atoms with van der Waals surface area (Å²) in [6, 6.07) is 18.6. The molecule has 0 spiro atoms. The molecule has 0 saturated heterocycles. The molecule has 2 aliphatic heterocycles. The van der Waals surface area contributed by atoms with Crippen molar-refractivity contribution >= 4 is 21.6 Å². The van der Waals surface area contributed by atoms with Crippen LogP contribution in [0, 0.1) is 11.6 Å². The molecule has 0 amide bonds. The van der Waals surface area contributed by atoms with Crippen LogP contribution >= 0.6 is 15.9 Å². The first kappa shape index (κ1) is 17.4. The van der Waals surface area contributed by atoms with Gasteiger partial charge in [-0.15, -0.1) is 0 Å². The lowest BCUT2D eigenvalue weighted by atomic mass is 9.96. The average Bonchev–Trinajstić information content (AvgIpc) is 3.14. The van der Waals surface area contributed by atoms with Gasteiger partial charge in [0.05, 0.1) is 17.3 Å². The Kier molecular flexibility index (Phi) is 4.16. The SMILES string of the molecule is Fc1ccc(C2=NN3C(C2)c2cc(Br)ccc2OC3c2ccccc2F)cc1. The first-order chi connectivity index (χ1) is 13.6. The molecule has 0 N–H and O–H groups in total. The maximum Gasteiger partial charge on any atom is 0.216 e. The molecule has 28 heavy (non-hydrogen) atoms. The van der Waals surface area contributed by atoms with E-state index in [9.17, 15) is 8.78 Å². The average molecular weight is 441 g/mol. The number of fused-ring (bicyclic) bond motifs is 3. The van der Waals surface area contributed by atoms with Crippen molar-refractivity contribution in [2.24, 2.45) is 5.10 Å². The van der Waals surface area contributed by atoms with Crippen molar-refractivity contribution in [3.05, 3.63) is 99.5 Å². The van der Waals surface area contributed by atoms with E-state index in [2.05, 4.69) is 15.9 Å². The van der Waals surface area contributed by atoms with Crippen molar-refractivity contribution in [1.82, 2.24) is 5.01 Å². The Labute approximate surface area is 169 Å². The highest BCUT2D eigenvalue weighted by Gasteiger charge is 2.41. The molecule has 3 aromatic carbocycles. The van der Waals surface area contributed by atoms with Gasteiger partial charge < -0.3 is 4.74 Å². The van der Waals surface area contributed by atoms with Crippen LogP contribution in [0.4, 0.5) is 8.78 Å². The number of hydrogen-bond donors (Lipinski definition) is 0. The van der Waals surface area contributed by atoms with E-state index in [0.717, 1.165) is 21.3 Å². The van der Waals surface area contributed by atoms with Crippen LogP contribution in [0.5, 0.6) is 5.75 Å². The summed E-state index contributed by atoms with van der Waals surface area (Å²) in [4.78, 5) is 0. The summed E-state index contributed by atoms with van der Waals surface area (Å²) in [7, 11) is 0. The fraction of sp³-hybridized carbons (Fsp3) is 0.136. The molecule has 0 fully saturated rings. The molecule has 0 aliphatic carbocycles. The van der Waals surface area contributed by atoms with E-state index in [1.54, 1.807) is 30.3 Å². The number of halogens is 3. The van der Waals surface area contributed by atoms with Gasteiger partial charge in [0.25, 0.3) is 0 Å². The van der Waals surface area contributed by atoms with E-state index in [4.69, 9.17) is 9.84 Å². The molecule has 3 aromatic rings. The van der Waals surface area contributed by atoms with Gasteiger partial charge in [-0.05, 0) is 42.0 Å². The molecular weight excluding hydrogens is 426 g/mol. The number of hydrogen-bond acceptors (Lipinski definition) is 3. The minimum Gasteiger partial charge on any atom is -0.464 e. The molecular formula is C22H15BrF2N2O. The molecule has 5 rings (SSSR count). The van der Waals surface area contributed by atoms with Gasteiger partial charge in [0.1, 0.15) is 17.4 Å².